The molecule has 1 amide bonds. The quantitative estimate of drug-likeness (QED) is 0.433. The van der Waals surface area contributed by atoms with Crippen LogP contribution < -0.4 is 5.43 Å². The fourth-order valence-electron chi connectivity index (χ4n) is 2.50. The monoisotopic (exact) mass is 342 g/mol. The van der Waals surface area contributed by atoms with Crippen molar-refractivity contribution in [3.8, 4) is 0 Å². The molecule has 0 fully saturated rings. The van der Waals surface area contributed by atoms with Gasteiger partial charge >= 0.3 is 0 Å². The topological polar surface area (TPSA) is 58.5 Å². The van der Waals surface area contributed by atoms with Gasteiger partial charge in [0, 0.05) is 11.1 Å². The van der Waals surface area contributed by atoms with Gasteiger partial charge in [0.05, 0.1) is 11.8 Å². The van der Waals surface area contributed by atoms with Crippen LogP contribution in [0.5, 0.6) is 0 Å². The maximum Gasteiger partial charge on any atom is 0.272 e. The van der Waals surface area contributed by atoms with Gasteiger partial charge < -0.3 is 0 Å². The fourth-order valence-corrected chi connectivity index (χ4v) is 2.50. The van der Waals surface area contributed by atoms with E-state index >= 15 is 0 Å². The fraction of sp³-hybridized carbons (Fsp3) is 0.0455. The summed E-state index contributed by atoms with van der Waals surface area (Å²) in [5, 5.41) is 3.98. The van der Waals surface area contributed by atoms with Crippen molar-refractivity contribution in [2.45, 2.75) is 6.92 Å². The van der Waals surface area contributed by atoms with Crippen LogP contribution in [0.3, 0.4) is 0 Å². The second kappa shape index (κ2) is 8.03. The summed E-state index contributed by atoms with van der Waals surface area (Å²) >= 11 is 0. The Balaban J connectivity index is 1.78. The molecule has 0 aliphatic heterocycles. The highest BCUT2D eigenvalue weighted by molar-refractivity contribution is 6.15. The molecular formula is C22H18N2O2. The molecule has 3 aromatic rings. The molecule has 0 aliphatic rings. The van der Waals surface area contributed by atoms with Gasteiger partial charge in [0.2, 0.25) is 0 Å². The summed E-state index contributed by atoms with van der Waals surface area (Å²) in [6.45, 7) is 2.00. The zero-order valence-electron chi connectivity index (χ0n) is 14.3. The first kappa shape index (κ1) is 17.3. The van der Waals surface area contributed by atoms with Gasteiger partial charge in [-0.3, -0.25) is 9.59 Å². The Bertz CT molecular complexity index is 945. The van der Waals surface area contributed by atoms with Crippen molar-refractivity contribution in [3.63, 3.8) is 0 Å². The first-order valence-corrected chi connectivity index (χ1v) is 8.24. The maximum atomic E-state index is 12.7. The molecule has 0 saturated carbocycles. The number of carbonyl (C=O) groups is 2. The van der Waals surface area contributed by atoms with Gasteiger partial charge in [-0.25, -0.2) is 5.43 Å². The molecule has 0 heterocycles. The molecule has 0 atom stereocenters. The number of nitrogens with one attached hydrogen (secondary N) is 1. The lowest BCUT2D eigenvalue weighted by molar-refractivity contribution is 0.0943. The molecule has 1 N–H and O–H groups in total. The predicted molar refractivity (Wildman–Crippen MR) is 103 cm³/mol. The minimum Gasteiger partial charge on any atom is -0.289 e. The molecule has 4 heteroatoms. The molecule has 3 rings (SSSR count). The lowest BCUT2D eigenvalue weighted by Gasteiger charge is -2.07. The van der Waals surface area contributed by atoms with E-state index in [0.717, 1.165) is 11.1 Å². The maximum absolute atomic E-state index is 12.7. The summed E-state index contributed by atoms with van der Waals surface area (Å²) in [5.41, 5.74) is 5.70. The zero-order valence-corrected chi connectivity index (χ0v) is 14.3. The predicted octanol–water partition coefficient (Wildman–Crippen LogP) is 3.99. The highest BCUT2D eigenvalue weighted by Crippen LogP contribution is 2.14. The van der Waals surface area contributed by atoms with Crippen LogP contribution in [0.2, 0.25) is 0 Å². The molecule has 4 nitrogen and oxygen atoms in total. The number of aryl methyl sites for hydroxylation is 1. The zero-order chi connectivity index (χ0) is 18.4. The number of hydrazone groups is 1. The van der Waals surface area contributed by atoms with Crippen molar-refractivity contribution in [1.82, 2.24) is 5.43 Å². The number of rotatable bonds is 5. The van der Waals surface area contributed by atoms with Gasteiger partial charge in [0.1, 0.15) is 0 Å². The van der Waals surface area contributed by atoms with E-state index in [1.54, 1.807) is 54.7 Å². The number of carbonyl (C=O) groups excluding carboxylic acids is 2. The third kappa shape index (κ3) is 4.11. The average molecular weight is 342 g/mol. The van der Waals surface area contributed by atoms with Crippen molar-refractivity contribution in [2.24, 2.45) is 5.10 Å². The minimum absolute atomic E-state index is 0.195. The third-order valence-corrected chi connectivity index (χ3v) is 3.91. The van der Waals surface area contributed by atoms with Gasteiger partial charge in [-0.1, -0.05) is 78.4 Å². The normalized spacial score (nSPS) is 10.7. The van der Waals surface area contributed by atoms with Crippen molar-refractivity contribution in [1.29, 1.82) is 0 Å². The number of nitrogens with zero attached hydrogens (tertiary/aromatic N) is 1. The highest BCUT2D eigenvalue weighted by Gasteiger charge is 2.17. The lowest BCUT2D eigenvalue weighted by atomic mass is 9.98. The molecular weight excluding hydrogens is 324 g/mol. The van der Waals surface area contributed by atoms with Crippen LogP contribution in [0.1, 0.15) is 37.4 Å². The molecule has 0 aromatic heterocycles. The number of hydrogen-bond donors (Lipinski definition) is 1. The molecule has 3 aromatic carbocycles. The number of hydrogen-bond acceptors (Lipinski definition) is 3. The third-order valence-electron chi connectivity index (χ3n) is 3.91. The van der Waals surface area contributed by atoms with Gasteiger partial charge in [0.25, 0.3) is 5.91 Å². The van der Waals surface area contributed by atoms with E-state index in [9.17, 15) is 9.59 Å². The summed E-state index contributed by atoms with van der Waals surface area (Å²) < 4.78 is 0. The van der Waals surface area contributed by atoms with Crippen LogP contribution in [0.25, 0.3) is 0 Å². The van der Waals surface area contributed by atoms with Crippen LogP contribution in [0, 0.1) is 6.92 Å². The Hall–Kier alpha value is -3.53. The van der Waals surface area contributed by atoms with Crippen LogP contribution in [0.15, 0.2) is 84.0 Å². The molecule has 0 saturated heterocycles. The van der Waals surface area contributed by atoms with Gasteiger partial charge in [-0.05, 0) is 18.6 Å². The van der Waals surface area contributed by atoms with Gasteiger partial charge in [0.15, 0.2) is 5.78 Å². The second-order valence-electron chi connectivity index (χ2n) is 5.85. The summed E-state index contributed by atoms with van der Waals surface area (Å²) in [6, 6.07) is 23.4. The summed E-state index contributed by atoms with van der Waals surface area (Å²) in [5.74, 6) is -0.618. The van der Waals surface area contributed by atoms with E-state index in [0.29, 0.717) is 16.7 Å². The van der Waals surface area contributed by atoms with Crippen LogP contribution in [-0.2, 0) is 0 Å². The van der Waals surface area contributed by atoms with Crippen molar-refractivity contribution < 1.29 is 9.59 Å². The Kier molecular flexibility index (Phi) is 5.34. The Labute approximate surface area is 152 Å². The summed E-state index contributed by atoms with van der Waals surface area (Å²) in [4.78, 5) is 25.1. The Morgan fingerprint density at radius 1 is 0.808 bits per heavy atom. The summed E-state index contributed by atoms with van der Waals surface area (Å²) in [6.07, 6.45) is 1.57. The van der Waals surface area contributed by atoms with E-state index in [1.807, 2.05) is 37.3 Å². The standard InChI is InChI=1S/C22H18N2O2/c1-16-11-13-17(14-12-16)15-23-24-22(26)20-10-6-5-9-19(20)21(25)18-7-3-2-4-8-18/h2-15H,1H3,(H,24,26)/b23-15+. The Morgan fingerprint density at radius 3 is 2.12 bits per heavy atom. The Morgan fingerprint density at radius 2 is 1.42 bits per heavy atom. The molecule has 0 bridgehead atoms. The minimum atomic E-state index is -0.423. The van der Waals surface area contributed by atoms with E-state index < -0.39 is 5.91 Å². The van der Waals surface area contributed by atoms with Crippen molar-refractivity contribution >= 4 is 17.9 Å². The van der Waals surface area contributed by atoms with Gasteiger partial charge in [-0.15, -0.1) is 0 Å². The first-order chi connectivity index (χ1) is 12.6. The van der Waals surface area contributed by atoms with Crippen molar-refractivity contribution in [2.75, 3.05) is 0 Å². The molecule has 26 heavy (non-hydrogen) atoms. The lowest BCUT2D eigenvalue weighted by Crippen LogP contribution is -2.21. The number of ketones is 1. The van der Waals surface area contributed by atoms with Gasteiger partial charge in [-0.2, -0.15) is 5.10 Å². The number of amides is 1. The van der Waals surface area contributed by atoms with Crippen molar-refractivity contribution in [3.05, 3.63) is 107 Å². The molecule has 128 valence electrons. The van der Waals surface area contributed by atoms with E-state index in [-0.39, 0.29) is 5.78 Å². The highest BCUT2D eigenvalue weighted by atomic mass is 16.2. The summed E-state index contributed by atoms with van der Waals surface area (Å²) in [7, 11) is 0. The average Bonchev–Trinajstić information content (AvgIpc) is 2.69. The second-order valence-corrected chi connectivity index (χ2v) is 5.85. The number of benzene rings is 3. The van der Waals surface area contributed by atoms with E-state index in [2.05, 4.69) is 10.5 Å². The largest absolute Gasteiger partial charge is 0.289 e. The molecule has 0 spiro atoms. The van der Waals surface area contributed by atoms with Crippen LogP contribution >= 0.6 is 0 Å². The van der Waals surface area contributed by atoms with E-state index in [4.69, 9.17) is 0 Å². The molecule has 0 aliphatic carbocycles. The van der Waals surface area contributed by atoms with Crippen LogP contribution in [-0.4, -0.2) is 17.9 Å². The van der Waals surface area contributed by atoms with Crippen LogP contribution in [0.4, 0.5) is 0 Å². The first-order valence-electron chi connectivity index (χ1n) is 8.24. The SMILES string of the molecule is Cc1ccc(/C=N/NC(=O)c2ccccc2C(=O)c2ccccc2)cc1. The smallest absolute Gasteiger partial charge is 0.272 e. The molecule has 0 radical (unpaired) electrons. The van der Waals surface area contributed by atoms with E-state index in [1.165, 1.54) is 0 Å². The molecule has 0 unspecified atom stereocenters.